The van der Waals surface area contributed by atoms with E-state index in [0.717, 1.165) is 17.8 Å². The van der Waals surface area contributed by atoms with E-state index in [0.29, 0.717) is 32.0 Å². The van der Waals surface area contributed by atoms with Crippen LogP contribution in [0, 0.1) is 12.8 Å². The summed E-state index contributed by atoms with van der Waals surface area (Å²) in [6.45, 7) is 4.38. The molecule has 0 aliphatic carbocycles. The molecule has 1 atom stereocenters. The molecule has 2 aromatic rings. The van der Waals surface area contributed by atoms with E-state index in [9.17, 15) is 4.79 Å². The molecule has 1 fully saturated rings. The first-order chi connectivity index (χ1) is 11.2. The molecular weight excluding hydrogens is 292 g/mol. The van der Waals surface area contributed by atoms with Crippen LogP contribution in [0.2, 0.25) is 0 Å². The van der Waals surface area contributed by atoms with E-state index < -0.39 is 0 Å². The average Bonchev–Trinajstić information content (AvgIpc) is 2.80. The zero-order valence-corrected chi connectivity index (χ0v) is 13.2. The minimum absolute atomic E-state index is 0.0417. The molecule has 0 bridgehead atoms. The highest BCUT2D eigenvalue weighted by atomic mass is 16.5. The number of amides is 1. The first-order valence-electron chi connectivity index (χ1n) is 7.78. The van der Waals surface area contributed by atoms with Gasteiger partial charge in [-0.25, -0.2) is 9.97 Å². The fourth-order valence-electron chi connectivity index (χ4n) is 2.76. The molecule has 2 aromatic heterocycles. The Labute approximate surface area is 135 Å². The summed E-state index contributed by atoms with van der Waals surface area (Å²) in [5.74, 6) is 0.180. The number of aromatic nitrogens is 3. The van der Waals surface area contributed by atoms with E-state index in [-0.39, 0.29) is 11.8 Å². The largest absolute Gasteiger partial charge is 0.379 e. The van der Waals surface area contributed by atoms with Gasteiger partial charge < -0.3 is 9.64 Å². The highest BCUT2D eigenvalue weighted by molar-refractivity contribution is 5.92. The summed E-state index contributed by atoms with van der Waals surface area (Å²) in [6, 6.07) is 7.37. The van der Waals surface area contributed by atoms with Crippen LogP contribution < -0.4 is 0 Å². The average molecular weight is 312 g/mol. The number of pyridine rings is 1. The standard InChI is InChI=1S/C17H20N4O2/c1-13-8-15(20-12-19-13)9-14-10-21(6-7-23-11-14)17(22)16-4-2-3-5-18-16/h2-5,8,12,14H,6-7,9-11H2,1H3. The summed E-state index contributed by atoms with van der Waals surface area (Å²) in [5, 5.41) is 0. The van der Waals surface area contributed by atoms with Gasteiger partial charge in [0.25, 0.3) is 5.91 Å². The number of hydrogen-bond donors (Lipinski definition) is 0. The molecule has 6 nitrogen and oxygen atoms in total. The maximum Gasteiger partial charge on any atom is 0.272 e. The van der Waals surface area contributed by atoms with Gasteiger partial charge in [0.05, 0.1) is 13.2 Å². The number of aryl methyl sites for hydroxylation is 1. The van der Waals surface area contributed by atoms with Crippen LogP contribution in [0.15, 0.2) is 36.8 Å². The van der Waals surface area contributed by atoms with E-state index in [4.69, 9.17) is 4.74 Å². The number of carbonyl (C=O) groups is 1. The van der Waals surface area contributed by atoms with Crippen molar-refractivity contribution in [1.82, 2.24) is 19.9 Å². The smallest absolute Gasteiger partial charge is 0.272 e. The topological polar surface area (TPSA) is 68.2 Å². The summed E-state index contributed by atoms with van der Waals surface area (Å²) in [5.41, 5.74) is 2.41. The van der Waals surface area contributed by atoms with Gasteiger partial charge >= 0.3 is 0 Å². The summed E-state index contributed by atoms with van der Waals surface area (Å²) >= 11 is 0. The summed E-state index contributed by atoms with van der Waals surface area (Å²) in [6.07, 6.45) is 4.00. The minimum atomic E-state index is -0.0417. The van der Waals surface area contributed by atoms with Gasteiger partial charge in [-0.05, 0) is 31.5 Å². The van der Waals surface area contributed by atoms with Crippen molar-refractivity contribution in [3.05, 3.63) is 53.9 Å². The van der Waals surface area contributed by atoms with Gasteiger partial charge in [0.15, 0.2) is 0 Å². The van der Waals surface area contributed by atoms with Gasteiger partial charge in [0.2, 0.25) is 0 Å². The molecule has 0 radical (unpaired) electrons. The molecule has 23 heavy (non-hydrogen) atoms. The molecule has 0 saturated carbocycles. The molecule has 120 valence electrons. The molecule has 1 aliphatic heterocycles. The van der Waals surface area contributed by atoms with Crippen molar-refractivity contribution in [3.8, 4) is 0 Å². The second kappa shape index (κ2) is 7.28. The highest BCUT2D eigenvalue weighted by Gasteiger charge is 2.24. The Morgan fingerprint density at radius 3 is 3.04 bits per heavy atom. The second-order valence-electron chi connectivity index (χ2n) is 5.76. The first kappa shape index (κ1) is 15.6. The molecule has 0 spiro atoms. The van der Waals surface area contributed by atoms with Crippen LogP contribution in [-0.2, 0) is 11.2 Å². The Kier molecular flexibility index (Phi) is 4.92. The van der Waals surface area contributed by atoms with Gasteiger partial charge in [-0.2, -0.15) is 0 Å². The minimum Gasteiger partial charge on any atom is -0.379 e. The predicted molar refractivity (Wildman–Crippen MR) is 84.9 cm³/mol. The van der Waals surface area contributed by atoms with Gasteiger partial charge in [-0.3, -0.25) is 9.78 Å². The Balaban J connectivity index is 1.70. The van der Waals surface area contributed by atoms with E-state index in [1.807, 2.05) is 30.0 Å². The van der Waals surface area contributed by atoms with Gasteiger partial charge in [-0.15, -0.1) is 0 Å². The van der Waals surface area contributed by atoms with Crippen LogP contribution in [0.1, 0.15) is 21.9 Å². The number of nitrogens with zero attached hydrogens (tertiary/aromatic N) is 4. The molecule has 0 aromatic carbocycles. The normalized spacial score (nSPS) is 18.5. The second-order valence-corrected chi connectivity index (χ2v) is 5.76. The van der Waals surface area contributed by atoms with Crippen molar-refractivity contribution in [1.29, 1.82) is 0 Å². The van der Waals surface area contributed by atoms with Crippen molar-refractivity contribution >= 4 is 5.91 Å². The molecular formula is C17H20N4O2. The number of carbonyl (C=O) groups excluding carboxylic acids is 1. The third-order valence-corrected chi connectivity index (χ3v) is 3.87. The number of rotatable bonds is 3. The Morgan fingerprint density at radius 2 is 2.26 bits per heavy atom. The third-order valence-electron chi connectivity index (χ3n) is 3.87. The maximum atomic E-state index is 12.6. The lowest BCUT2D eigenvalue weighted by molar-refractivity contribution is 0.0731. The summed E-state index contributed by atoms with van der Waals surface area (Å²) in [7, 11) is 0. The van der Waals surface area contributed by atoms with Crippen LogP contribution in [0.25, 0.3) is 0 Å². The van der Waals surface area contributed by atoms with Crippen molar-refractivity contribution < 1.29 is 9.53 Å². The number of ether oxygens (including phenoxy) is 1. The quantitative estimate of drug-likeness (QED) is 0.859. The van der Waals surface area contributed by atoms with Gasteiger partial charge in [0.1, 0.15) is 12.0 Å². The van der Waals surface area contributed by atoms with Crippen molar-refractivity contribution in [2.45, 2.75) is 13.3 Å². The fraction of sp³-hybridized carbons (Fsp3) is 0.412. The molecule has 1 saturated heterocycles. The molecule has 1 aliphatic rings. The van der Waals surface area contributed by atoms with E-state index >= 15 is 0 Å². The lowest BCUT2D eigenvalue weighted by atomic mass is 10.0. The summed E-state index contributed by atoms with van der Waals surface area (Å²) < 4.78 is 5.67. The lowest BCUT2D eigenvalue weighted by Crippen LogP contribution is -2.36. The van der Waals surface area contributed by atoms with Crippen LogP contribution in [-0.4, -0.2) is 52.1 Å². The highest BCUT2D eigenvalue weighted by Crippen LogP contribution is 2.14. The summed E-state index contributed by atoms with van der Waals surface area (Å²) in [4.78, 5) is 27.0. The van der Waals surface area contributed by atoms with Crippen LogP contribution in [0.4, 0.5) is 0 Å². The molecule has 3 rings (SSSR count). The van der Waals surface area contributed by atoms with Crippen LogP contribution >= 0.6 is 0 Å². The van der Waals surface area contributed by atoms with Crippen molar-refractivity contribution in [2.24, 2.45) is 5.92 Å². The third kappa shape index (κ3) is 4.10. The molecule has 0 N–H and O–H groups in total. The van der Waals surface area contributed by atoms with Crippen LogP contribution in [0.5, 0.6) is 0 Å². The molecule has 3 heterocycles. The van der Waals surface area contributed by atoms with Gasteiger partial charge in [0, 0.05) is 36.6 Å². The SMILES string of the molecule is Cc1cc(CC2COCCN(C(=O)c3ccccn3)C2)ncn1. The van der Waals surface area contributed by atoms with E-state index in [2.05, 4.69) is 15.0 Å². The van der Waals surface area contributed by atoms with E-state index in [1.165, 1.54) is 0 Å². The van der Waals surface area contributed by atoms with Crippen molar-refractivity contribution in [2.75, 3.05) is 26.3 Å². The zero-order chi connectivity index (χ0) is 16.1. The fourth-order valence-corrected chi connectivity index (χ4v) is 2.76. The van der Waals surface area contributed by atoms with E-state index in [1.54, 1.807) is 18.6 Å². The molecule has 6 heteroatoms. The Hall–Kier alpha value is -2.34. The van der Waals surface area contributed by atoms with Crippen molar-refractivity contribution in [3.63, 3.8) is 0 Å². The van der Waals surface area contributed by atoms with Gasteiger partial charge in [-0.1, -0.05) is 6.07 Å². The number of hydrogen-bond acceptors (Lipinski definition) is 5. The molecule has 1 amide bonds. The zero-order valence-electron chi connectivity index (χ0n) is 13.2. The predicted octanol–water partition coefficient (Wildman–Crippen LogP) is 1.51. The van der Waals surface area contributed by atoms with Crippen LogP contribution in [0.3, 0.4) is 0 Å². The first-order valence-corrected chi connectivity index (χ1v) is 7.78. The Bertz CT molecular complexity index is 663. The lowest BCUT2D eigenvalue weighted by Gasteiger charge is -2.23. The monoisotopic (exact) mass is 312 g/mol. The Morgan fingerprint density at radius 1 is 1.35 bits per heavy atom. The molecule has 1 unspecified atom stereocenters. The maximum absolute atomic E-state index is 12.6.